The number of aromatic hydroxyl groups is 1. The maximum Gasteiger partial charge on any atom is 0.165 e. The number of benzene rings is 1. The van der Waals surface area contributed by atoms with E-state index in [2.05, 4.69) is 30.1 Å². The van der Waals surface area contributed by atoms with Gasteiger partial charge in [-0.2, -0.15) is 0 Å². The van der Waals surface area contributed by atoms with E-state index in [9.17, 15) is 10.2 Å². The number of nitrogens with zero attached hydrogens (tertiary/aromatic N) is 1. The van der Waals surface area contributed by atoms with Crippen LogP contribution in [0.25, 0.3) is 0 Å². The molecule has 3 aliphatic carbocycles. The molecule has 0 amide bonds. The maximum absolute atomic E-state index is 12.3. The lowest BCUT2D eigenvalue weighted by Crippen LogP contribution is -2.78. The first-order chi connectivity index (χ1) is 13.4. The molecule has 2 aliphatic heterocycles. The van der Waals surface area contributed by atoms with Gasteiger partial charge in [0, 0.05) is 30.2 Å². The Morgan fingerprint density at radius 1 is 1.25 bits per heavy atom. The monoisotopic (exact) mass is 384 g/mol. The lowest BCUT2D eigenvalue weighted by atomic mass is 9.48. The summed E-state index contributed by atoms with van der Waals surface area (Å²) in [5.41, 5.74) is 1.23. The third kappa shape index (κ3) is 2.08. The van der Waals surface area contributed by atoms with Crippen LogP contribution in [0.3, 0.4) is 0 Å². The van der Waals surface area contributed by atoms with E-state index in [0.29, 0.717) is 11.8 Å². The second kappa shape index (κ2) is 5.65. The van der Waals surface area contributed by atoms with Crippen LogP contribution in [0, 0.1) is 5.92 Å². The molecule has 152 valence electrons. The predicted molar refractivity (Wildman–Crippen MR) is 107 cm³/mol. The van der Waals surface area contributed by atoms with Gasteiger partial charge in [0.15, 0.2) is 11.5 Å². The normalized spacial score (nSPS) is 41.1. The Morgan fingerprint density at radius 3 is 2.82 bits per heavy atom. The lowest BCUT2D eigenvalue weighted by molar-refractivity contribution is -0.192. The zero-order valence-electron chi connectivity index (χ0n) is 16.9. The molecule has 1 aromatic rings. The molecule has 6 rings (SSSR count). The molecule has 5 nitrogen and oxygen atoms in total. The SMILES string of the molecule is CC(C)NC1CCC2(O)[C@H]3Cc4ccc(O)c5c4[C@@]2(CCN3CC2CC2)C1O5. The predicted octanol–water partition coefficient (Wildman–Crippen LogP) is 2.32. The third-order valence-electron chi connectivity index (χ3n) is 8.31. The van der Waals surface area contributed by atoms with Gasteiger partial charge in [-0.1, -0.05) is 19.9 Å². The molecule has 3 N–H and O–H groups in total. The van der Waals surface area contributed by atoms with Crippen molar-refractivity contribution < 1.29 is 14.9 Å². The number of likely N-dealkylation sites (tertiary alicyclic amines) is 1. The first-order valence-corrected chi connectivity index (χ1v) is 11.2. The molecule has 1 saturated heterocycles. The minimum atomic E-state index is -0.772. The van der Waals surface area contributed by atoms with Gasteiger partial charge in [0.25, 0.3) is 0 Å². The van der Waals surface area contributed by atoms with Crippen LogP contribution < -0.4 is 10.1 Å². The maximum atomic E-state index is 12.3. The van der Waals surface area contributed by atoms with Crippen LogP contribution in [0.5, 0.6) is 11.5 Å². The zero-order valence-corrected chi connectivity index (χ0v) is 16.9. The van der Waals surface area contributed by atoms with Gasteiger partial charge in [-0.15, -0.1) is 0 Å². The van der Waals surface area contributed by atoms with Crippen LogP contribution in [0.4, 0.5) is 0 Å². The summed E-state index contributed by atoms with van der Waals surface area (Å²) in [5.74, 6) is 1.70. The topological polar surface area (TPSA) is 65.0 Å². The summed E-state index contributed by atoms with van der Waals surface area (Å²) >= 11 is 0. The first kappa shape index (κ1) is 17.5. The summed E-state index contributed by atoms with van der Waals surface area (Å²) in [6.07, 6.45) is 6.07. The number of phenolic OH excluding ortho intramolecular Hbond substituents is 1. The van der Waals surface area contributed by atoms with Gasteiger partial charge in [0.1, 0.15) is 6.10 Å². The van der Waals surface area contributed by atoms with E-state index in [1.54, 1.807) is 6.07 Å². The van der Waals surface area contributed by atoms with E-state index in [0.717, 1.165) is 50.3 Å². The number of hydrogen-bond donors (Lipinski definition) is 3. The largest absolute Gasteiger partial charge is 0.504 e. The van der Waals surface area contributed by atoms with Gasteiger partial charge in [0.2, 0.25) is 0 Å². The van der Waals surface area contributed by atoms with Crippen LogP contribution in [0.2, 0.25) is 0 Å². The minimum Gasteiger partial charge on any atom is -0.504 e. The number of rotatable bonds is 4. The van der Waals surface area contributed by atoms with E-state index < -0.39 is 11.0 Å². The first-order valence-electron chi connectivity index (χ1n) is 11.2. The molecule has 3 unspecified atom stereocenters. The molecule has 5 heteroatoms. The zero-order chi connectivity index (χ0) is 19.3. The van der Waals surface area contributed by atoms with E-state index in [-0.39, 0.29) is 23.9 Å². The highest BCUT2D eigenvalue weighted by atomic mass is 16.5. The fraction of sp³-hybridized carbons (Fsp3) is 0.739. The molecular formula is C23H32N2O3. The van der Waals surface area contributed by atoms with Crippen LogP contribution >= 0.6 is 0 Å². The van der Waals surface area contributed by atoms with Crippen LogP contribution in [-0.2, 0) is 11.8 Å². The highest BCUT2D eigenvalue weighted by Crippen LogP contribution is 2.65. The number of piperidine rings is 1. The lowest BCUT2D eigenvalue weighted by Gasteiger charge is -2.64. The summed E-state index contributed by atoms with van der Waals surface area (Å²) in [6.45, 7) is 6.49. The molecule has 2 bridgehead atoms. The smallest absolute Gasteiger partial charge is 0.165 e. The van der Waals surface area contributed by atoms with Crippen LogP contribution in [0.15, 0.2) is 12.1 Å². The second-order valence-electron chi connectivity index (χ2n) is 10.3. The molecule has 0 aromatic heterocycles. The Kier molecular flexibility index (Phi) is 3.54. The van der Waals surface area contributed by atoms with Crippen molar-refractivity contribution in [2.45, 2.75) is 87.6 Å². The van der Waals surface area contributed by atoms with Gasteiger partial charge < -0.3 is 20.3 Å². The molecule has 2 saturated carbocycles. The highest BCUT2D eigenvalue weighted by Gasteiger charge is 2.72. The molecule has 0 radical (unpaired) electrons. The van der Waals surface area contributed by atoms with Crippen LogP contribution in [0.1, 0.15) is 57.1 Å². The van der Waals surface area contributed by atoms with Crippen molar-refractivity contribution in [3.05, 3.63) is 23.3 Å². The van der Waals surface area contributed by atoms with Gasteiger partial charge in [-0.3, -0.25) is 4.90 Å². The fourth-order valence-electron chi connectivity index (χ4n) is 7.08. The summed E-state index contributed by atoms with van der Waals surface area (Å²) in [7, 11) is 0. The third-order valence-corrected chi connectivity index (χ3v) is 8.31. The number of ether oxygens (including phenoxy) is 1. The summed E-state index contributed by atoms with van der Waals surface area (Å²) in [5, 5.41) is 26.6. The Hall–Kier alpha value is -1.30. The standard InChI is InChI=1S/C23H32N2O3/c1-13(2)24-16-7-8-23(27)18-11-15-5-6-17(26)20-19(15)22(23,21(16)28-20)9-10-25(18)12-14-3-4-14/h5-6,13-14,16,18,21,24,26-27H,3-4,7-12H2,1-2H3/t16?,18-,21?,22+,23?/m1/s1. The van der Waals surface area contributed by atoms with Crippen molar-refractivity contribution in [3.8, 4) is 11.5 Å². The molecule has 1 aromatic carbocycles. The minimum absolute atomic E-state index is 0.110. The highest BCUT2D eigenvalue weighted by molar-refractivity contribution is 5.62. The Morgan fingerprint density at radius 2 is 2.07 bits per heavy atom. The Balaban J connectivity index is 1.51. The average Bonchev–Trinajstić information content (AvgIpc) is 3.38. The fourth-order valence-corrected chi connectivity index (χ4v) is 7.08. The summed E-state index contributed by atoms with van der Waals surface area (Å²) < 4.78 is 6.53. The number of hydrogen-bond acceptors (Lipinski definition) is 5. The van der Waals surface area contributed by atoms with Crippen molar-refractivity contribution in [1.29, 1.82) is 0 Å². The Bertz CT molecular complexity index is 822. The summed E-state index contributed by atoms with van der Waals surface area (Å²) in [6, 6.07) is 4.60. The van der Waals surface area contributed by atoms with E-state index in [1.807, 2.05) is 0 Å². The quantitative estimate of drug-likeness (QED) is 0.744. The molecular weight excluding hydrogens is 352 g/mol. The van der Waals surface area contributed by atoms with Crippen molar-refractivity contribution in [2.24, 2.45) is 5.92 Å². The van der Waals surface area contributed by atoms with Gasteiger partial charge >= 0.3 is 0 Å². The number of nitrogens with one attached hydrogen (secondary N) is 1. The molecule has 5 atom stereocenters. The van der Waals surface area contributed by atoms with Crippen molar-refractivity contribution >= 4 is 0 Å². The van der Waals surface area contributed by atoms with E-state index >= 15 is 0 Å². The van der Waals surface area contributed by atoms with E-state index in [1.165, 1.54) is 18.4 Å². The second-order valence-corrected chi connectivity index (χ2v) is 10.3. The summed E-state index contributed by atoms with van der Waals surface area (Å²) in [4.78, 5) is 2.59. The van der Waals surface area contributed by atoms with Gasteiger partial charge in [-0.05, 0) is 62.6 Å². The average molecular weight is 385 g/mol. The molecule has 1 spiro atoms. The van der Waals surface area contributed by atoms with Crippen molar-refractivity contribution in [1.82, 2.24) is 10.2 Å². The van der Waals surface area contributed by atoms with Crippen LogP contribution in [-0.4, -0.2) is 58.0 Å². The molecule has 5 aliphatic rings. The molecule has 28 heavy (non-hydrogen) atoms. The van der Waals surface area contributed by atoms with Crippen molar-refractivity contribution in [3.63, 3.8) is 0 Å². The van der Waals surface area contributed by atoms with Gasteiger partial charge in [0.05, 0.1) is 11.0 Å². The van der Waals surface area contributed by atoms with Crippen molar-refractivity contribution in [2.75, 3.05) is 13.1 Å². The molecule has 3 fully saturated rings. The van der Waals surface area contributed by atoms with Gasteiger partial charge in [-0.25, -0.2) is 0 Å². The Labute approximate surface area is 167 Å². The molecule has 2 heterocycles. The van der Waals surface area contributed by atoms with E-state index in [4.69, 9.17) is 4.74 Å². The number of phenols is 1. The number of aliphatic hydroxyl groups is 1.